The Morgan fingerprint density at radius 2 is 2.22 bits per heavy atom. The topological polar surface area (TPSA) is 48.4 Å². The average Bonchev–Trinajstić information content (AvgIpc) is 2.97. The van der Waals surface area contributed by atoms with E-state index >= 15 is 0 Å². The van der Waals surface area contributed by atoms with Crippen LogP contribution in [0.2, 0.25) is 5.02 Å². The Balaban J connectivity index is 2.06. The van der Waals surface area contributed by atoms with E-state index in [0.29, 0.717) is 22.9 Å². The number of aromatic nitrogens is 1. The number of nitrogens with zero attached hydrogens (tertiary/aromatic N) is 1. The number of carbonyl (C=O) groups excluding carboxylic acids is 1. The number of halogens is 1. The molecule has 4 nitrogen and oxygen atoms in total. The largest absolute Gasteiger partial charge is 0.489 e. The monoisotopic (exact) mass is 371 g/mol. The average molecular weight is 372 g/mol. The normalized spacial score (nSPS) is 10.8. The molecule has 23 heavy (non-hydrogen) atoms. The summed E-state index contributed by atoms with van der Waals surface area (Å²) in [5.41, 5.74) is 0.967. The van der Waals surface area contributed by atoms with E-state index < -0.39 is 0 Å². The Morgan fingerprint density at radius 3 is 2.91 bits per heavy atom. The summed E-state index contributed by atoms with van der Waals surface area (Å²) in [6, 6.07) is 5.65. The van der Waals surface area contributed by atoms with Gasteiger partial charge in [-0.05, 0) is 26.0 Å². The van der Waals surface area contributed by atoms with Gasteiger partial charge in [0.2, 0.25) is 0 Å². The number of hydrogen-bond acceptors (Lipinski definition) is 6. The number of benzene rings is 1. The minimum absolute atomic E-state index is 0.0588. The molecule has 0 bridgehead atoms. The molecule has 1 aromatic carbocycles. The van der Waals surface area contributed by atoms with E-state index in [4.69, 9.17) is 16.3 Å². The molecule has 0 aliphatic carbocycles. The molecule has 0 aliphatic heterocycles. The molecule has 0 saturated heterocycles. The molecule has 0 unspecified atom stereocenters. The summed E-state index contributed by atoms with van der Waals surface area (Å²) >= 11 is 9.25. The van der Waals surface area contributed by atoms with Crippen LogP contribution in [-0.4, -0.2) is 29.9 Å². The number of ether oxygens (including phenoxy) is 2. The summed E-state index contributed by atoms with van der Waals surface area (Å²) in [4.78, 5) is 15.7. The van der Waals surface area contributed by atoms with Crippen LogP contribution in [0.3, 0.4) is 0 Å². The van der Waals surface area contributed by atoms with E-state index in [-0.39, 0.29) is 12.1 Å². The minimum Gasteiger partial charge on any atom is -0.489 e. The number of esters is 1. The first-order chi connectivity index (χ1) is 11.0. The van der Waals surface area contributed by atoms with Crippen molar-refractivity contribution in [3.05, 3.63) is 28.6 Å². The number of thioether (sulfide) groups is 1. The molecular formula is C16H18ClNO3S2. The van der Waals surface area contributed by atoms with Crippen molar-refractivity contribution < 1.29 is 14.3 Å². The Kier molecular flexibility index (Phi) is 6.74. The molecule has 0 amide bonds. The predicted molar refractivity (Wildman–Crippen MR) is 95.7 cm³/mol. The second-order valence-corrected chi connectivity index (χ2v) is 7.36. The fraction of sp³-hybridized carbons (Fsp3) is 0.375. The predicted octanol–water partition coefficient (Wildman–Crippen LogP) is 4.91. The molecule has 0 spiro atoms. The smallest absolute Gasteiger partial charge is 0.306 e. The highest BCUT2D eigenvalue weighted by molar-refractivity contribution is 7.99. The lowest BCUT2D eigenvalue weighted by Crippen LogP contribution is -2.05. The fourth-order valence-corrected chi connectivity index (χ4v) is 3.73. The molecule has 2 rings (SSSR count). The van der Waals surface area contributed by atoms with Crippen molar-refractivity contribution in [2.75, 3.05) is 12.9 Å². The molecule has 2 aromatic rings. The zero-order chi connectivity index (χ0) is 16.8. The molecule has 1 aromatic heterocycles. The van der Waals surface area contributed by atoms with Crippen LogP contribution < -0.4 is 4.74 Å². The van der Waals surface area contributed by atoms with Crippen molar-refractivity contribution in [1.82, 2.24) is 4.98 Å². The number of thiazole rings is 1. The van der Waals surface area contributed by atoms with Gasteiger partial charge in [-0.25, -0.2) is 4.98 Å². The van der Waals surface area contributed by atoms with Crippen LogP contribution in [0, 0.1) is 0 Å². The van der Waals surface area contributed by atoms with Gasteiger partial charge in [0, 0.05) is 16.7 Å². The van der Waals surface area contributed by atoms with Crippen molar-refractivity contribution >= 4 is 40.7 Å². The highest BCUT2D eigenvalue weighted by atomic mass is 35.5. The minimum atomic E-state index is -0.207. The van der Waals surface area contributed by atoms with E-state index in [1.54, 1.807) is 11.3 Å². The zero-order valence-corrected chi connectivity index (χ0v) is 15.6. The summed E-state index contributed by atoms with van der Waals surface area (Å²) in [5.74, 6) is 1.11. The van der Waals surface area contributed by atoms with Crippen LogP contribution in [0.1, 0.15) is 20.3 Å². The molecule has 0 atom stereocenters. The van der Waals surface area contributed by atoms with Gasteiger partial charge in [-0.1, -0.05) is 17.7 Å². The van der Waals surface area contributed by atoms with Gasteiger partial charge in [0.05, 0.1) is 24.7 Å². The lowest BCUT2D eigenvalue weighted by atomic mass is 10.2. The van der Waals surface area contributed by atoms with Gasteiger partial charge < -0.3 is 9.47 Å². The molecule has 0 radical (unpaired) electrons. The van der Waals surface area contributed by atoms with Gasteiger partial charge in [0.1, 0.15) is 15.8 Å². The Bertz CT molecular complexity index is 673. The first-order valence-electron chi connectivity index (χ1n) is 7.11. The first-order valence-corrected chi connectivity index (χ1v) is 9.35. The summed E-state index contributed by atoms with van der Waals surface area (Å²) in [6.07, 6.45) is 0.435. The molecule has 0 fully saturated rings. The van der Waals surface area contributed by atoms with Crippen molar-refractivity contribution in [2.45, 2.75) is 31.4 Å². The van der Waals surface area contributed by atoms with Crippen LogP contribution in [0.15, 0.2) is 28.6 Å². The Morgan fingerprint density at radius 1 is 1.43 bits per heavy atom. The van der Waals surface area contributed by atoms with Gasteiger partial charge in [-0.15, -0.1) is 23.1 Å². The van der Waals surface area contributed by atoms with Crippen LogP contribution in [0.4, 0.5) is 0 Å². The van der Waals surface area contributed by atoms with Crippen LogP contribution >= 0.6 is 34.7 Å². The second-order valence-electron chi connectivity index (χ2n) is 4.98. The highest BCUT2D eigenvalue weighted by Crippen LogP contribution is 2.34. The Labute approximate surface area is 149 Å². The molecule has 0 saturated carbocycles. The van der Waals surface area contributed by atoms with Gasteiger partial charge in [0.15, 0.2) is 0 Å². The number of carbonyl (C=O) groups is 1. The van der Waals surface area contributed by atoms with E-state index in [1.807, 2.05) is 37.4 Å². The van der Waals surface area contributed by atoms with Crippen LogP contribution in [0.25, 0.3) is 10.6 Å². The first kappa shape index (κ1) is 18.1. The lowest BCUT2D eigenvalue weighted by molar-refractivity contribution is -0.140. The molecule has 124 valence electrons. The van der Waals surface area contributed by atoms with Crippen molar-refractivity contribution in [3.63, 3.8) is 0 Å². The fourth-order valence-electron chi connectivity index (χ4n) is 1.78. The molecule has 7 heteroatoms. The zero-order valence-electron chi connectivity index (χ0n) is 13.2. The summed E-state index contributed by atoms with van der Waals surface area (Å²) < 4.78 is 10.3. The van der Waals surface area contributed by atoms with E-state index in [0.717, 1.165) is 15.6 Å². The Hall–Kier alpha value is -1.24. The van der Waals surface area contributed by atoms with E-state index in [9.17, 15) is 4.79 Å². The third-order valence-corrected chi connectivity index (χ3v) is 5.07. The quantitative estimate of drug-likeness (QED) is 0.511. The van der Waals surface area contributed by atoms with Crippen molar-refractivity contribution in [1.29, 1.82) is 0 Å². The van der Waals surface area contributed by atoms with E-state index in [1.165, 1.54) is 18.9 Å². The van der Waals surface area contributed by atoms with Gasteiger partial charge in [0.25, 0.3) is 0 Å². The van der Waals surface area contributed by atoms with Gasteiger partial charge in [-0.2, -0.15) is 0 Å². The standard InChI is InChI=1S/C16H18ClNO3S2/c1-10(2)21-13-8-11(4-5-12(13)17)16-18-14(9-23-16)22-7-6-15(19)20-3/h4-5,8-10H,6-7H2,1-3H3. The molecular weight excluding hydrogens is 354 g/mol. The number of methoxy groups -OCH3 is 1. The summed E-state index contributed by atoms with van der Waals surface area (Å²) in [6.45, 7) is 3.92. The third-order valence-electron chi connectivity index (χ3n) is 2.81. The van der Waals surface area contributed by atoms with Gasteiger partial charge >= 0.3 is 5.97 Å². The maximum Gasteiger partial charge on any atom is 0.306 e. The van der Waals surface area contributed by atoms with Crippen LogP contribution in [-0.2, 0) is 9.53 Å². The lowest BCUT2D eigenvalue weighted by Gasteiger charge is -2.12. The SMILES string of the molecule is COC(=O)CCSc1csc(-c2ccc(Cl)c(OC(C)C)c2)n1. The maximum absolute atomic E-state index is 11.1. The van der Waals surface area contributed by atoms with E-state index in [2.05, 4.69) is 9.72 Å². The van der Waals surface area contributed by atoms with Crippen LogP contribution in [0.5, 0.6) is 5.75 Å². The molecule has 1 heterocycles. The number of hydrogen-bond donors (Lipinski definition) is 0. The van der Waals surface area contributed by atoms with Crippen molar-refractivity contribution in [2.24, 2.45) is 0 Å². The van der Waals surface area contributed by atoms with Gasteiger partial charge in [-0.3, -0.25) is 4.79 Å². The summed E-state index contributed by atoms with van der Waals surface area (Å²) in [5, 5.41) is 4.37. The molecule has 0 aliphatic rings. The summed E-state index contributed by atoms with van der Waals surface area (Å²) in [7, 11) is 1.39. The maximum atomic E-state index is 11.1. The molecule has 0 N–H and O–H groups in total. The second kappa shape index (κ2) is 8.57. The third kappa shape index (κ3) is 5.41. The number of rotatable bonds is 7. The van der Waals surface area contributed by atoms with Crippen molar-refractivity contribution in [3.8, 4) is 16.3 Å². The highest BCUT2D eigenvalue weighted by Gasteiger charge is 2.10.